The Bertz CT molecular complexity index is 432. The molecule has 0 saturated heterocycles. The Morgan fingerprint density at radius 3 is 0.811 bits per heavy atom. The highest BCUT2D eigenvalue weighted by Crippen LogP contribution is 2.23. The van der Waals surface area contributed by atoms with Crippen LogP contribution in [0.2, 0.25) is 0 Å². The maximum atomic E-state index is 6.37. The first kappa shape index (κ1) is 36.9. The topological polar surface area (TPSA) is 27.7 Å². The summed E-state index contributed by atoms with van der Waals surface area (Å²) in [5, 5.41) is 0. The summed E-state index contributed by atoms with van der Waals surface area (Å²) in [6.45, 7) is 27.1. The molecule has 6 atom stereocenters. The lowest BCUT2D eigenvalue weighted by atomic mass is 9.93. The van der Waals surface area contributed by atoms with Crippen molar-refractivity contribution in [3.05, 3.63) is 0 Å². The number of hydrogen-bond donors (Lipinski definition) is 0. The molecule has 0 aromatic carbocycles. The van der Waals surface area contributed by atoms with Crippen molar-refractivity contribution in [2.24, 2.45) is 35.5 Å². The van der Waals surface area contributed by atoms with Gasteiger partial charge in [-0.05, 0) is 94.8 Å². The van der Waals surface area contributed by atoms with E-state index >= 15 is 0 Å². The van der Waals surface area contributed by atoms with Gasteiger partial charge in [0.15, 0.2) is 0 Å². The highest BCUT2D eigenvalue weighted by Gasteiger charge is 2.21. The molecule has 0 bridgehead atoms. The Kier molecular flexibility index (Phi) is 21.6. The molecule has 6 unspecified atom stereocenters. The van der Waals surface area contributed by atoms with Crippen molar-refractivity contribution >= 4 is 0 Å². The Balaban J connectivity index is 4.71. The predicted molar refractivity (Wildman–Crippen MR) is 163 cm³/mol. The summed E-state index contributed by atoms with van der Waals surface area (Å²) in [4.78, 5) is 0. The summed E-state index contributed by atoms with van der Waals surface area (Å²) >= 11 is 0. The van der Waals surface area contributed by atoms with Gasteiger partial charge >= 0.3 is 0 Å². The normalized spacial score (nSPS) is 18.2. The maximum Gasteiger partial charge on any atom is 0.272 e. The van der Waals surface area contributed by atoms with E-state index in [9.17, 15) is 0 Å². The second-order valence-electron chi connectivity index (χ2n) is 14.1. The molecule has 0 rings (SSSR count). The van der Waals surface area contributed by atoms with E-state index in [1.807, 2.05) is 0 Å². The molecule has 0 aromatic heterocycles. The molecule has 0 radical (unpaired) electrons. The standard InChI is InChI=1S/C34H70O3/c1-25(2)22-28(7)16-13-19-31(10)35-34(36-32(11)20-14-17-29(8)23-26(3)4)37-33(12)21-15-18-30(9)24-27(5)6/h25-34H,13-24H2,1-12H3. The fourth-order valence-corrected chi connectivity index (χ4v) is 5.90. The first-order valence-corrected chi connectivity index (χ1v) is 16.2. The predicted octanol–water partition coefficient (Wildman–Crippen LogP) is 11.0. The van der Waals surface area contributed by atoms with Crippen LogP contribution in [0.3, 0.4) is 0 Å². The minimum Gasteiger partial charge on any atom is -0.327 e. The molecule has 0 spiro atoms. The van der Waals surface area contributed by atoms with E-state index in [1.165, 1.54) is 57.8 Å². The van der Waals surface area contributed by atoms with Crippen LogP contribution in [0.4, 0.5) is 0 Å². The van der Waals surface area contributed by atoms with Crippen molar-refractivity contribution in [1.82, 2.24) is 0 Å². The zero-order valence-electron chi connectivity index (χ0n) is 27.5. The molecule has 0 aliphatic heterocycles. The van der Waals surface area contributed by atoms with Crippen molar-refractivity contribution in [3.8, 4) is 0 Å². The van der Waals surface area contributed by atoms with Crippen LogP contribution in [-0.2, 0) is 14.2 Å². The monoisotopic (exact) mass is 527 g/mol. The highest BCUT2D eigenvalue weighted by molar-refractivity contribution is 4.63. The Morgan fingerprint density at radius 1 is 0.351 bits per heavy atom. The summed E-state index contributed by atoms with van der Waals surface area (Å²) < 4.78 is 19.1. The molecule has 0 aliphatic carbocycles. The average Bonchev–Trinajstić information content (AvgIpc) is 2.71. The SMILES string of the molecule is CC(C)CC(C)CCCC(C)OC(OC(C)CCCC(C)CC(C)C)OC(C)CCCC(C)CC(C)C. The van der Waals surface area contributed by atoms with Gasteiger partial charge in [0.1, 0.15) is 0 Å². The molecule has 3 nitrogen and oxygen atoms in total. The third kappa shape index (κ3) is 23.5. The van der Waals surface area contributed by atoms with E-state index in [2.05, 4.69) is 83.1 Å². The van der Waals surface area contributed by atoms with Gasteiger partial charge in [-0.25, -0.2) is 0 Å². The minimum atomic E-state index is -0.561. The molecule has 0 aromatic rings. The minimum absolute atomic E-state index is 0.146. The fraction of sp³-hybridized carbons (Fsp3) is 1.00. The van der Waals surface area contributed by atoms with Crippen molar-refractivity contribution in [3.63, 3.8) is 0 Å². The van der Waals surface area contributed by atoms with Crippen LogP contribution < -0.4 is 0 Å². The molecular weight excluding hydrogens is 456 g/mol. The summed E-state index contributed by atoms with van der Waals surface area (Å²) in [5.41, 5.74) is 0. The zero-order chi connectivity index (χ0) is 28.4. The van der Waals surface area contributed by atoms with Crippen LogP contribution in [0.1, 0.15) is 160 Å². The van der Waals surface area contributed by atoms with Crippen LogP contribution >= 0.6 is 0 Å². The van der Waals surface area contributed by atoms with Gasteiger partial charge in [0.25, 0.3) is 6.48 Å². The van der Waals surface area contributed by atoms with E-state index in [4.69, 9.17) is 14.2 Å². The van der Waals surface area contributed by atoms with Crippen LogP contribution in [0.5, 0.6) is 0 Å². The van der Waals surface area contributed by atoms with Gasteiger partial charge < -0.3 is 14.2 Å². The van der Waals surface area contributed by atoms with Crippen LogP contribution in [0.25, 0.3) is 0 Å². The Morgan fingerprint density at radius 2 is 0.595 bits per heavy atom. The van der Waals surface area contributed by atoms with Crippen LogP contribution in [0, 0.1) is 35.5 Å². The van der Waals surface area contributed by atoms with Gasteiger partial charge in [0.05, 0.1) is 18.3 Å². The highest BCUT2D eigenvalue weighted by atomic mass is 16.8. The van der Waals surface area contributed by atoms with Crippen LogP contribution in [-0.4, -0.2) is 24.8 Å². The van der Waals surface area contributed by atoms with E-state index < -0.39 is 6.48 Å². The van der Waals surface area contributed by atoms with Gasteiger partial charge in [-0.3, -0.25) is 0 Å². The molecule has 37 heavy (non-hydrogen) atoms. The lowest BCUT2D eigenvalue weighted by molar-refractivity contribution is -0.329. The van der Waals surface area contributed by atoms with Crippen LogP contribution in [0.15, 0.2) is 0 Å². The molecule has 0 fully saturated rings. The van der Waals surface area contributed by atoms with Gasteiger partial charge in [-0.1, -0.05) is 101 Å². The maximum absolute atomic E-state index is 6.37. The van der Waals surface area contributed by atoms with Crippen molar-refractivity contribution in [2.75, 3.05) is 0 Å². The summed E-state index contributed by atoms with van der Waals surface area (Å²) in [6, 6.07) is 0. The molecule has 0 heterocycles. The summed E-state index contributed by atoms with van der Waals surface area (Å²) in [5.74, 6) is 4.68. The summed E-state index contributed by atoms with van der Waals surface area (Å²) in [7, 11) is 0. The van der Waals surface area contributed by atoms with Crippen molar-refractivity contribution < 1.29 is 14.2 Å². The zero-order valence-corrected chi connectivity index (χ0v) is 27.5. The first-order valence-electron chi connectivity index (χ1n) is 16.2. The van der Waals surface area contributed by atoms with Gasteiger partial charge in [-0.15, -0.1) is 0 Å². The number of hydrogen-bond acceptors (Lipinski definition) is 3. The number of ether oxygens (including phenoxy) is 3. The smallest absolute Gasteiger partial charge is 0.272 e. The van der Waals surface area contributed by atoms with Gasteiger partial charge in [0, 0.05) is 0 Å². The van der Waals surface area contributed by atoms with E-state index in [0.717, 1.165) is 54.8 Å². The lowest BCUT2D eigenvalue weighted by Crippen LogP contribution is -2.32. The second kappa shape index (κ2) is 21.7. The van der Waals surface area contributed by atoms with E-state index in [-0.39, 0.29) is 18.3 Å². The second-order valence-corrected chi connectivity index (χ2v) is 14.1. The summed E-state index contributed by atoms with van der Waals surface area (Å²) in [6.07, 6.45) is 15.0. The van der Waals surface area contributed by atoms with Gasteiger partial charge in [0.2, 0.25) is 0 Å². The Hall–Kier alpha value is -0.120. The van der Waals surface area contributed by atoms with Gasteiger partial charge in [-0.2, -0.15) is 0 Å². The molecule has 0 amide bonds. The third-order valence-electron chi connectivity index (χ3n) is 7.57. The molecule has 0 aliphatic rings. The van der Waals surface area contributed by atoms with E-state index in [0.29, 0.717) is 0 Å². The third-order valence-corrected chi connectivity index (χ3v) is 7.57. The molecular formula is C34H70O3. The van der Waals surface area contributed by atoms with Crippen molar-refractivity contribution in [1.29, 1.82) is 0 Å². The average molecular weight is 527 g/mol. The molecule has 224 valence electrons. The quantitative estimate of drug-likeness (QED) is 0.117. The molecule has 3 heteroatoms. The largest absolute Gasteiger partial charge is 0.327 e. The molecule has 0 saturated carbocycles. The lowest BCUT2D eigenvalue weighted by Gasteiger charge is -2.28. The van der Waals surface area contributed by atoms with E-state index in [1.54, 1.807) is 0 Å². The Labute approximate surface area is 234 Å². The first-order chi connectivity index (χ1) is 17.3. The fourth-order valence-electron chi connectivity index (χ4n) is 5.90. The van der Waals surface area contributed by atoms with Crippen molar-refractivity contribution in [2.45, 2.75) is 185 Å². The number of rotatable bonds is 24. The molecule has 0 N–H and O–H groups in total.